The number of para-hydroxylation sites is 1. The van der Waals surface area contributed by atoms with Crippen molar-refractivity contribution in [1.29, 1.82) is 0 Å². The van der Waals surface area contributed by atoms with Crippen LogP contribution in [0.1, 0.15) is 23.2 Å². The van der Waals surface area contributed by atoms with Crippen LogP contribution in [0, 0.1) is 17.6 Å². The summed E-state index contributed by atoms with van der Waals surface area (Å²) < 4.78 is 64.4. The highest BCUT2D eigenvalue weighted by Crippen LogP contribution is 2.33. The lowest BCUT2D eigenvalue weighted by molar-refractivity contribution is -0.121. The molecule has 2 aromatic rings. The van der Waals surface area contributed by atoms with Gasteiger partial charge in [0.05, 0.1) is 17.0 Å². The number of carbonyl (C=O) groups excluding carboxylic acids is 2. The fraction of sp³-hybridized carbons (Fsp3) is 0.333. The minimum atomic E-state index is -4.33. The van der Waals surface area contributed by atoms with Crippen LogP contribution < -0.4 is 5.32 Å². The molecule has 2 aromatic carbocycles. The van der Waals surface area contributed by atoms with Crippen molar-refractivity contribution in [1.82, 2.24) is 4.90 Å². The van der Waals surface area contributed by atoms with Crippen LogP contribution in [0.2, 0.25) is 0 Å². The molecule has 0 spiro atoms. The van der Waals surface area contributed by atoms with Crippen molar-refractivity contribution in [3.8, 4) is 0 Å². The van der Waals surface area contributed by atoms with Gasteiger partial charge >= 0.3 is 6.18 Å². The van der Waals surface area contributed by atoms with Gasteiger partial charge in [-0.05, 0) is 37.1 Å². The average Bonchev–Trinajstić information content (AvgIpc) is 2.72. The molecule has 0 radical (unpaired) electrons. The molecule has 1 N–H and O–H groups in total. The van der Waals surface area contributed by atoms with Gasteiger partial charge in [0.2, 0.25) is 5.91 Å². The quantitative estimate of drug-likeness (QED) is 0.501. The summed E-state index contributed by atoms with van der Waals surface area (Å²) in [6.45, 7) is 0.413. The molecule has 2 amide bonds. The molecule has 1 aliphatic heterocycles. The van der Waals surface area contributed by atoms with Gasteiger partial charge in [-0.25, -0.2) is 8.78 Å². The molecule has 0 aromatic heterocycles. The Morgan fingerprint density at radius 2 is 1.74 bits per heavy atom. The second kappa shape index (κ2) is 9.67. The summed E-state index contributed by atoms with van der Waals surface area (Å²) in [7, 11) is 0. The Bertz CT molecular complexity index is 959. The highest BCUT2D eigenvalue weighted by atomic mass is 32.2. The number of alkyl halides is 3. The van der Waals surface area contributed by atoms with E-state index >= 15 is 0 Å². The lowest BCUT2D eigenvalue weighted by Crippen LogP contribution is -2.41. The number of halogens is 5. The number of hydrogen-bond acceptors (Lipinski definition) is 3. The van der Waals surface area contributed by atoms with Crippen molar-refractivity contribution in [3.05, 3.63) is 59.7 Å². The highest BCUT2D eigenvalue weighted by Gasteiger charge is 2.30. The summed E-state index contributed by atoms with van der Waals surface area (Å²) in [5.41, 5.74) is 0.0635. The third kappa shape index (κ3) is 6.19. The van der Waals surface area contributed by atoms with E-state index in [4.69, 9.17) is 0 Å². The number of rotatable bonds is 5. The fourth-order valence-electron chi connectivity index (χ4n) is 3.27. The number of carbonyl (C=O) groups is 2. The summed E-state index contributed by atoms with van der Waals surface area (Å²) in [6, 6.07) is 8.98. The number of amides is 2. The molecule has 0 atom stereocenters. The van der Waals surface area contributed by atoms with Crippen molar-refractivity contribution in [3.63, 3.8) is 0 Å². The summed E-state index contributed by atoms with van der Waals surface area (Å²) >= 11 is 0.592. The smallest absolute Gasteiger partial charge is 0.339 e. The number of likely N-dealkylation sites (tertiary alicyclic amines) is 1. The Labute approximate surface area is 179 Å². The minimum absolute atomic E-state index is 0.207. The van der Waals surface area contributed by atoms with Crippen LogP contribution in [0.3, 0.4) is 0 Å². The zero-order valence-corrected chi connectivity index (χ0v) is 17.0. The Balaban J connectivity index is 1.58. The molecule has 1 heterocycles. The van der Waals surface area contributed by atoms with Gasteiger partial charge in [-0.15, -0.1) is 11.8 Å². The zero-order valence-electron chi connectivity index (χ0n) is 16.2. The van der Waals surface area contributed by atoms with Crippen LogP contribution in [0.15, 0.2) is 47.4 Å². The summed E-state index contributed by atoms with van der Waals surface area (Å²) in [5, 5.41) is 2.68. The Hall–Kier alpha value is -2.62. The number of piperidine rings is 1. The number of benzene rings is 2. The number of thioether (sulfide) groups is 1. The van der Waals surface area contributed by atoms with E-state index in [-0.39, 0.29) is 24.6 Å². The van der Waals surface area contributed by atoms with E-state index in [1.54, 1.807) is 12.1 Å². The first-order valence-electron chi connectivity index (χ1n) is 9.48. The molecule has 1 saturated heterocycles. The standard InChI is InChI=1S/C21H19F5N2O2S/c22-14-5-6-15(16(23)11-14)20(30)28-9-7-13(8-10-28)19(29)27-17-3-1-2-4-18(17)31-12-21(24,25)26/h1-6,11,13H,7-10,12H2,(H,27,29). The third-order valence-corrected chi connectivity index (χ3v) is 5.99. The van der Waals surface area contributed by atoms with Gasteiger partial charge in [-0.2, -0.15) is 13.2 Å². The number of hydrogen-bond donors (Lipinski definition) is 1. The lowest BCUT2D eigenvalue weighted by atomic mass is 9.95. The molecular formula is C21H19F5N2O2S. The van der Waals surface area contributed by atoms with E-state index in [9.17, 15) is 31.5 Å². The maximum atomic E-state index is 13.9. The second-order valence-electron chi connectivity index (χ2n) is 7.08. The zero-order chi connectivity index (χ0) is 22.6. The van der Waals surface area contributed by atoms with E-state index in [0.717, 1.165) is 12.1 Å². The molecule has 10 heteroatoms. The van der Waals surface area contributed by atoms with Gasteiger partial charge in [0, 0.05) is 30.0 Å². The van der Waals surface area contributed by atoms with Gasteiger partial charge in [0.1, 0.15) is 11.6 Å². The SMILES string of the molecule is O=C(Nc1ccccc1SCC(F)(F)F)C1CCN(C(=O)c2ccc(F)cc2F)CC1. The molecule has 1 aliphatic rings. The molecule has 166 valence electrons. The van der Waals surface area contributed by atoms with Gasteiger partial charge in [-0.1, -0.05) is 12.1 Å². The molecule has 0 bridgehead atoms. The van der Waals surface area contributed by atoms with Crippen LogP contribution in [0.5, 0.6) is 0 Å². The minimum Gasteiger partial charge on any atom is -0.339 e. The molecule has 3 rings (SSSR count). The van der Waals surface area contributed by atoms with Gasteiger partial charge < -0.3 is 10.2 Å². The lowest BCUT2D eigenvalue weighted by Gasteiger charge is -2.31. The van der Waals surface area contributed by atoms with Crippen LogP contribution in [0.4, 0.5) is 27.6 Å². The van der Waals surface area contributed by atoms with Crippen molar-refractivity contribution >= 4 is 29.3 Å². The first-order valence-corrected chi connectivity index (χ1v) is 10.5. The predicted octanol–water partition coefficient (Wildman–Crippen LogP) is 5.11. The van der Waals surface area contributed by atoms with Crippen LogP contribution >= 0.6 is 11.8 Å². The first-order chi connectivity index (χ1) is 14.6. The topological polar surface area (TPSA) is 49.4 Å². The Morgan fingerprint density at radius 3 is 2.39 bits per heavy atom. The number of nitrogens with zero attached hydrogens (tertiary/aromatic N) is 1. The Kier molecular flexibility index (Phi) is 7.19. The molecule has 31 heavy (non-hydrogen) atoms. The Morgan fingerprint density at radius 1 is 1.06 bits per heavy atom. The largest absolute Gasteiger partial charge is 0.398 e. The van der Waals surface area contributed by atoms with E-state index in [0.29, 0.717) is 41.3 Å². The fourth-order valence-corrected chi connectivity index (χ4v) is 4.04. The van der Waals surface area contributed by atoms with Crippen LogP contribution in [-0.4, -0.2) is 41.7 Å². The number of nitrogens with one attached hydrogen (secondary N) is 1. The maximum absolute atomic E-state index is 13.9. The monoisotopic (exact) mass is 458 g/mol. The summed E-state index contributed by atoms with van der Waals surface area (Å²) in [6.07, 6.45) is -3.69. The molecule has 1 fully saturated rings. The van der Waals surface area contributed by atoms with Crippen molar-refractivity contribution < 1.29 is 31.5 Å². The summed E-state index contributed by atoms with van der Waals surface area (Å²) in [5.74, 6) is -4.16. The van der Waals surface area contributed by atoms with E-state index in [1.807, 2.05) is 0 Å². The summed E-state index contributed by atoms with van der Waals surface area (Å²) in [4.78, 5) is 26.8. The van der Waals surface area contributed by atoms with Crippen molar-refractivity contribution in [2.75, 3.05) is 24.2 Å². The van der Waals surface area contributed by atoms with E-state index < -0.39 is 35.4 Å². The molecule has 0 unspecified atom stereocenters. The highest BCUT2D eigenvalue weighted by molar-refractivity contribution is 7.99. The van der Waals surface area contributed by atoms with Gasteiger partial charge in [-0.3, -0.25) is 9.59 Å². The molecule has 0 aliphatic carbocycles. The molecule has 0 saturated carbocycles. The third-order valence-electron chi connectivity index (χ3n) is 4.85. The normalized spacial score (nSPS) is 15.1. The van der Waals surface area contributed by atoms with Crippen molar-refractivity contribution in [2.45, 2.75) is 23.9 Å². The van der Waals surface area contributed by atoms with Crippen LogP contribution in [0.25, 0.3) is 0 Å². The second-order valence-corrected chi connectivity index (χ2v) is 8.10. The van der Waals surface area contributed by atoms with E-state index in [1.165, 1.54) is 17.0 Å². The molecular weight excluding hydrogens is 439 g/mol. The maximum Gasteiger partial charge on any atom is 0.398 e. The number of anilines is 1. The van der Waals surface area contributed by atoms with Gasteiger partial charge in [0.25, 0.3) is 5.91 Å². The first kappa shape index (κ1) is 23.1. The van der Waals surface area contributed by atoms with E-state index in [2.05, 4.69) is 5.32 Å². The average molecular weight is 458 g/mol. The van der Waals surface area contributed by atoms with Crippen LogP contribution in [-0.2, 0) is 4.79 Å². The van der Waals surface area contributed by atoms with Gasteiger partial charge in [0.15, 0.2) is 0 Å². The molecule has 4 nitrogen and oxygen atoms in total. The van der Waals surface area contributed by atoms with Crippen molar-refractivity contribution in [2.24, 2.45) is 5.92 Å². The predicted molar refractivity (Wildman–Crippen MR) is 107 cm³/mol.